The minimum atomic E-state index is -3.93. The number of aromatic amines is 1. The number of imidazole rings is 1. The number of nitrogens with one attached hydrogen (secondary N) is 5. The predicted octanol–water partition coefficient (Wildman–Crippen LogP) is 4.50. The molecular formula is C28H31N7O5S. The second kappa shape index (κ2) is 10.3. The fourth-order valence-corrected chi connectivity index (χ4v) is 6.87. The first-order valence-electron chi connectivity index (χ1n) is 13.6. The van der Waals surface area contributed by atoms with Crippen molar-refractivity contribution in [2.45, 2.75) is 56.0 Å². The highest BCUT2D eigenvalue weighted by atomic mass is 32.2. The van der Waals surface area contributed by atoms with Gasteiger partial charge in [0.15, 0.2) is 0 Å². The summed E-state index contributed by atoms with van der Waals surface area (Å²) in [5, 5.41) is 18.2. The summed E-state index contributed by atoms with van der Waals surface area (Å²) in [4.78, 5) is 36.3. The van der Waals surface area contributed by atoms with Crippen LogP contribution in [0.5, 0.6) is 0 Å². The van der Waals surface area contributed by atoms with Crippen molar-refractivity contribution in [3.63, 3.8) is 0 Å². The van der Waals surface area contributed by atoms with Gasteiger partial charge in [0.1, 0.15) is 0 Å². The minimum Gasteiger partial charge on any atom is -0.465 e. The van der Waals surface area contributed by atoms with Gasteiger partial charge >= 0.3 is 12.1 Å². The van der Waals surface area contributed by atoms with Crippen molar-refractivity contribution in [1.82, 2.24) is 30.3 Å². The SMILES string of the molecule is CC(C)CNS(=O)(=O)c1cc2c(c3cnc(C4CC4)cc13)[C@H](Nc1nc3ccccc3[nH]1)C[C@H]2NC(=O)NC(=O)O. The summed E-state index contributed by atoms with van der Waals surface area (Å²) < 4.78 is 30.0. The van der Waals surface area contributed by atoms with Crippen LogP contribution in [0.2, 0.25) is 0 Å². The second-order valence-electron chi connectivity index (χ2n) is 11.0. The molecule has 0 aliphatic heterocycles. The number of carbonyl (C=O) groups is 2. The summed E-state index contributed by atoms with van der Waals surface area (Å²) >= 11 is 0. The number of hydrogen-bond acceptors (Lipinski definition) is 7. The lowest BCUT2D eigenvalue weighted by atomic mass is 9.98. The number of amides is 3. The Morgan fingerprint density at radius 3 is 2.61 bits per heavy atom. The molecule has 2 aromatic heterocycles. The highest BCUT2D eigenvalue weighted by Crippen LogP contribution is 2.47. The summed E-state index contributed by atoms with van der Waals surface area (Å²) in [5.41, 5.74) is 3.83. The van der Waals surface area contributed by atoms with E-state index in [0.717, 1.165) is 35.1 Å². The maximum Gasteiger partial charge on any atom is 0.412 e. The van der Waals surface area contributed by atoms with E-state index in [9.17, 15) is 18.0 Å². The van der Waals surface area contributed by atoms with Crippen LogP contribution in [0.3, 0.4) is 0 Å². The molecule has 0 bridgehead atoms. The molecule has 12 nitrogen and oxygen atoms in total. The van der Waals surface area contributed by atoms with Gasteiger partial charge in [-0.2, -0.15) is 0 Å². The van der Waals surface area contributed by atoms with Crippen LogP contribution in [0.25, 0.3) is 21.8 Å². The van der Waals surface area contributed by atoms with Gasteiger partial charge in [0.05, 0.1) is 28.0 Å². The molecule has 0 unspecified atom stereocenters. The van der Waals surface area contributed by atoms with Crippen LogP contribution in [0.15, 0.2) is 47.5 Å². The van der Waals surface area contributed by atoms with E-state index in [-0.39, 0.29) is 17.4 Å². The van der Waals surface area contributed by atoms with Crippen molar-refractivity contribution in [1.29, 1.82) is 0 Å². The number of hydrogen-bond donors (Lipinski definition) is 6. The number of pyridine rings is 1. The number of urea groups is 1. The molecular weight excluding hydrogens is 546 g/mol. The molecule has 0 spiro atoms. The lowest BCUT2D eigenvalue weighted by Gasteiger charge is -2.19. The Morgan fingerprint density at radius 2 is 1.90 bits per heavy atom. The number of fused-ring (bicyclic) bond motifs is 4. The number of carbonyl (C=O) groups excluding carboxylic acids is 1. The van der Waals surface area contributed by atoms with Crippen LogP contribution >= 0.6 is 0 Å². The number of aromatic nitrogens is 3. The quantitative estimate of drug-likeness (QED) is 0.177. The van der Waals surface area contributed by atoms with Gasteiger partial charge in [-0.15, -0.1) is 0 Å². The fourth-order valence-electron chi connectivity index (χ4n) is 5.42. The first kappa shape index (κ1) is 27.0. The molecule has 2 atom stereocenters. The van der Waals surface area contributed by atoms with E-state index in [1.165, 1.54) is 0 Å². The number of benzene rings is 2. The molecule has 13 heteroatoms. The lowest BCUT2D eigenvalue weighted by Crippen LogP contribution is -2.40. The largest absolute Gasteiger partial charge is 0.465 e. The molecule has 4 aromatic rings. The number of anilines is 1. The Bertz CT molecular complexity index is 1750. The van der Waals surface area contributed by atoms with Crippen LogP contribution in [0.4, 0.5) is 15.5 Å². The van der Waals surface area contributed by atoms with Gasteiger partial charge in [-0.05, 0) is 60.6 Å². The average molecular weight is 578 g/mol. The van der Waals surface area contributed by atoms with Crippen LogP contribution < -0.4 is 20.7 Å². The molecule has 0 radical (unpaired) electrons. The van der Waals surface area contributed by atoms with Gasteiger partial charge in [-0.3, -0.25) is 4.98 Å². The third-order valence-electron chi connectivity index (χ3n) is 7.47. The highest BCUT2D eigenvalue weighted by molar-refractivity contribution is 7.89. The first-order valence-corrected chi connectivity index (χ1v) is 15.0. The maximum absolute atomic E-state index is 13.7. The standard InChI is InChI=1S/C28H31N7O5S/c1-14(2)12-30-41(39,40)24-10-17-22(34-27(36)35-28(37)38)11-23(33-26-31-19-5-3-4-6-20(19)32-26)25(17)18-13-29-21(9-16(18)24)15-7-8-15/h3-6,9-10,13-15,22-23,30H,7-8,11-12H2,1-2H3,(H,37,38)(H2,31,32,33)(H2,34,35,36)/t22-,23-/m1/s1. The van der Waals surface area contributed by atoms with Crippen LogP contribution in [-0.4, -0.2) is 47.1 Å². The molecule has 1 fully saturated rings. The number of rotatable bonds is 8. The zero-order valence-corrected chi connectivity index (χ0v) is 23.4. The van der Waals surface area contributed by atoms with E-state index in [4.69, 9.17) is 10.1 Å². The molecule has 1 saturated carbocycles. The van der Waals surface area contributed by atoms with E-state index in [0.29, 0.717) is 34.6 Å². The van der Waals surface area contributed by atoms with Gasteiger partial charge < -0.3 is 20.7 Å². The zero-order chi connectivity index (χ0) is 28.9. The Kier molecular flexibility index (Phi) is 6.78. The Labute approximate surface area is 236 Å². The van der Waals surface area contributed by atoms with Gasteiger partial charge in [0, 0.05) is 35.1 Å². The van der Waals surface area contributed by atoms with Crippen molar-refractivity contribution in [2.75, 3.05) is 11.9 Å². The summed E-state index contributed by atoms with van der Waals surface area (Å²) in [6.45, 7) is 4.11. The Balaban J connectivity index is 1.49. The maximum atomic E-state index is 13.7. The molecule has 6 N–H and O–H groups in total. The van der Waals surface area contributed by atoms with E-state index in [2.05, 4.69) is 25.3 Å². The lowest BCUT2D eigenvalue weighted by molar-refractivity contribution is 0.191. The third kappa shape index (κ3) is 5.42. The van der Waals surface area contributed by atoms with Gasteiger partial charge in [0.2, 0.25) is 16.0 Å². The number of H-pyrrole nitrogens is 1. The number of para-hydroxylation sites is 2. The van der Waals surface area contributed by atoms with Crippen LogP contribution in [-0.2, 0) is 10.0 Å². The van der Waals surface area contributed by atoms with Crippen molar-refractivity contribution in [3.05, 3.63) is 59.4 Å². The molecule has 0 saturated heterocycles. The second-order valence-corrected chi connectivity index (χ2v) is 12.8. The summed E-state index contributed by atoms with van der Waals surface area (Å²) in [6.07, 6.45) is 2.57. The highest BCUT2D eigenvalue weighted by Gasteiger charge is 2.37. The Morgan fingerprint density at radius 1 is 1.12 bits per heavy atom. The normalized spacial score (nSPS) is 18.5. The number of sulfonamides is 1. The van der Waals surface area contributed by atoms with Gasteiger partial charge in [-0.25, -0.2) is 33.0 Å². The molecule has 6 rings (SSSR count). The smallest absolute Gasteiger partial charge is 0.412 e. The Hall–Kier alpha value is -4.23. The average Bonchev–Trinajstić information content (AvgIpc) is 3.60. The zero-order valence-electron chi connectivity index (χ0n) is 22.6. The van der Waals surface area contributed by atoms with Crippen molar-refractivity contribution < 1.29 is 23.1 Å². The van der Waals surface area contributed by atoms with E-state index < -0.39 is 34.2 Å². The van der Waals surface area contributed by atoms with Crippen molar-refractivity contribution in [2.24, 2.45) is 5.92 Å². The minimum absolute atomic E-state index is 0.0978. The topological polar surface area (TPSA) is 178 Å². The van der Waals surface area contributed by atoms with Crippen molar-refractivity contribution in [3.8, 4) is 0 Å². The molecule has 41 heavy (non-hydrogen) atoms. The predicted molar refractivity (Wildman–Crippen MR) is 153 cm³/mol. The molecule has 2 aliphatic rings. The van der Waals surface area contributed by atoms with Gasteiger partial charge in [-0.1, -0.05) is 26.0 Å². The number of nitrogens with zero attached hydrogens (tertiary/aromatic N) is 2. The van der Waals surface area contributed by atoms with Crippen molar-refractivity contribution >= 4 is 49.9 Å². The fraction of sp³-hybridized carbons (Fsp3) is 0.357. The molecule has 214 valence electrons. The molecule has 2 aromatic carbocycles. The third-order valence-corrected chi connectivity index (χ3v) is 8.93. The number of imide groups is 1. The van der Waals surface area contributed by atoms with Crippen LogP contribution in [0, 0.1) is 5.92 Å². The summed E-state index contributed by atoms with van der Waals surface area (Å²) in [7, 11) is -3.93. The van der Waals surface area contributed by atoms with E-state index in [1.807, 2.05) is 49.5 Å². The van der Waals surface area contributed by atoms with Crippen LogP contribution in [0.1, 0.15) is 67.9 Å². The first-order chi connectivity index (χ1) is 19.6. The monoisotopic (exact) mass is 577 g/mol. The number of carboxylic acid groups (broad SMARTS) is 1. The van der Waals surface area contributed by atoms with Gasteiger partial charge in [0.25, 0.3) is 0 Å². The molecule has 3 amide bonds. The molecule has 2 heterocycles. The summed E-state index contributed by atoms with van der Waals surface area (Å²) in [5.74, 6) is 0.926. The van der Waals surface area contributed by atoms with E-state index in [1.54, 1.807) is 12.3 Å². The molecule has 2 aliphatic carbocycles. The summed E-state index contributed by atoms with van der Waals surface area (Å²) in [6, 6.07) is 9.10. The van der Waals surface area contributed by atoms with E-state index >= 15 is 0 Å².